The van der Waals surface area contributed by atoms with Gasteiger partial charge in [-0.2, -0.15) is 0 Å². The zero-order valence-electron chi connectivity index (χ0n) is 12.1. The third-order valence-corrected chi connectivity index (χ3v) is 2.70. The minimum absolute atomic E-state index is 0.0891. The second-order valence-electron chi connectivity index (χ2n) is 4.94. The minimum atomic E-state index is 0.0891. The van der Waals surface area contributed by atoms with Gasteiger partial charge in [0.1, 0.15) is 5.82 Å². The van der Waals surface area contributed by atoms with Gasteiger partial charge in [-0.3, -0.25) is 0 Å². The standard InChI is InChI=1S/C15H20N4O/c1-10(2)20-15-12(5-4-6-17-15)9-19-14-13(16)7-11(3)8-18-14/h4-8,10H,9,16H2,1-3H3,(H,18,19). The molecule has 5 nitrogen and oxygen atoms in total. The van der Waals surface area contributed by atoms with Gasteiger partial charge in [-0.15, -0.1) is 0 Å². The van der Waals surface area contributed by atoms with E-state index in [1.165, 1.54) is 0 Å². The lowest BCUT2D eigenvalue weighted by Gasteiger charge is -2.14. The van der Waals surface area contributed by atoms with Crippen LogP contribution in [0.2, 0.25) is 0 Å². The first-order valence-corrected chi connectivity index (χ1v) is 6.63. The number of aromatic nitrogens is 2. The summed E-state index contributed by atoms with van der Waals surface area (Å²) in [5, 5.41) is 3.21. The highest BCUT2D eigenvalue weighted by atomic mass is 16.5. The van der Waals surface area contributed by atoms with Crippen molar-refractivity contribution in [2.24, 2.45) is 0 Å². The molecule has 20 heavy (non-hydrogen) atoms. The number of aryl methyl sites for hydroxylation is 1. The number of anilines is 2. The molecule has 106 valence electrons. The molecule has 3 N–H and O–H groups in total. The Labute approximate surface area is 119 Å². The van der Waals surface area contributed by atoms with Gasteiger partial charge in [-0.1, -0.05) is 6.07 Å². The molecule has 5 heteroatoms. The summed E-state index contributed by atoms with van der Waals surface area (Å²) in [5.41, 5.74) is 8.59. The number of nitrogens with two attached hydrogens (primary N) is 1. The van der Waals surface area contributed by atoms with Crippen LogP contribution in [0.1, 0.15) is 25.0 Å². The highest BCUT2D eigenvalue weighted by molar-refractivity contribution is 5.61. The molecule has 0 aliphatic heterocycles. The predicted molar refractivity (Wildman–Crippen MR) is 80.7 cm³/mol. The van der Waals surface area contributed by atoms with E-state index < -0.39 is 0 Å². The molecular formula is C15H20N4O. The molecule has 0 saturated heterocycles. The van der Waals surface area contributed by atoms with Gasteiger partial charge >= 0.3 is 0 Å². The maximum Gasteiger partial charge on any atom is 0.218 e. The molecule has 2 aromatic rings. The summed E-state index contributed by atoms with van der Waals surface area (Å²) in [4.78, 5) is 8.54. The van der Waals surface area contributed by atoms with Crippen LogP contribution < -0.4 is 15.8 Å². The monoisotopic (exact) mass is 272 g/mol. The third kappa shape index (κ3) is 3.60. The van der Waals surface area contributed by atoms with Crippen molar-refractivity contribution >= 4 is 11.5 Å². The highest BCUT2D eigenvalue weighted by Crippen LogP contribution is 2.20. The van der Waals surface area contributed by atoms with Crippen LogP contribution in [0.15, 0.2) is 30.6 Å². The number of hydrogen-bond acceptors (Lipinski definition) is 5. The van der Waals surface area contributed by atoms with E-state index in [0.717, 1.165) is 11.1 Å². The molecule has 0 unspecified atom stereocenters. The Morgan fingerprint density at radius 3 is 2.85 bits per heavy atom. The molecule has 0 radical (unpaired) electrons. The van der Waals surface area contributed by atoms with Gasteiger partial charge in [0.15, 0.2) is 0 Å². The third-order valence-electron chi connectivity index (χ3n) is 2.70. The fourth-order valence-electron chi connectivity index (χ4n) is 1.81. The second-order valence-corrected chi connectivity index (χ2v) is 4.94. The van der Waals surface area contributed by atoms with Crippen LogP contribution in [0.4, 0.5) is 11.5 Å². The van der Waals surface area contributed by atoms with Crippen LogP contribution in [0.5, 0.6) is 5.88 Å². The quantitative estimate of drug-likeness (QED) is 0.875. The number of nitrogen functional groups attached to an aromatic ring is 1. The smallest absolute Gasteiger partial charge is 0.218 e. The summed E-state index contributed by atoms with van der Waals surface area (Å²) in [7, 11) is 0. The lowest BCUT2D eigenvalue weighted by atomic mass is 10.2. The van der Waals surface area contributed by atoms with E-state index in [1.807, 2.05) is 39.0 Å². The molecule has 0 spiro atoms. The maximum absolute atomic E-state index is 5.93. The Hall–Kier alpha value is -2.30. The molecule has 0 aliphatic carbocycles. The molecule has 0 atom stereocenters. The van der Waals surface area contributed by atoms with Gasteiger partial charge in [-0.05, 0) is 38.5 Å². The van der Waals surface area contributed by atoms with Crippen molar-refractivity contribution in [3.8, 4) is 5.88 Å². The number of nitrogens with zero attached hydrogens (tertiary/aromatic N) is 2. The SMILES string of the molecule is Cc1cnc(NCc2cccnc2OC(C)C)c(N)c1. The first-order chi connectivity index (χ1) is 9.56. The first kappa shape index (κ1) is 14.1. The lowest BCUT2D eigenvalue weighted by Crippen LogP contribution is -2.11. The van der Waals surface area contributed by atoms with E-state index in [4.69, 9.17) is 10.5 Å². The fraction of sp³-hybridized carbons (Fsp3) is 0.333. The Kier molecular flexibility index (Phi) is 4.40. The summed E-state index contributed by atoms with van der Waals surface area (Å²) >= 11 is 0. The number of pyridine rings is 2. The Bertz CT molecular complexity index is 584. The zero-order chi connectivity index (χ0) is 14.5. The van der Waals surface area contributed by atoms with Gasteiger partial charge in [0.2, 0.25) is 5.88 Å². The summed E-state index contributed by atoms with van der Waals surface area (Å²) in [5.74, 6) is 1.32. The van der Waals surface area contributed by atoms with E-state index >= 15 is 0 Å². The van der Waals surface area contributed by atoms with Crippen molar-refractivity contribution in [2.75, 3.05) is 11.1 Å². The van der Waals surface area contributed by atoms with Crippen molar-refractivity contribution in [3.05, 3.63) is 41.7 Å². The molecule has 2 rings (SSSR count). The van der Waals surface area contributed by atoms with Crippen molar-refractivity contribution in [3.63, 3.8) is 0 Å². The summed E-state index contributed by atoms with van der Waals surface area (Å²) in [6.07, 6.45) is 3.60. The molecule has 0 fully saturated rings. The zero-order valence-corrected chi connectivity index (χ0v) is 12.1. The van der Waals surface area contributed by atoms with Gasteiger partial charge in [0.25, 0.3) is 0 Å². The van der Waals surface area contributed by atoms with E-state index in [1.54, 1.807) is 12.4 Å². The number of ether oxygens (including phenoxy) is 1. The Morgan fingerprint density at radius 2 is 2.15 bits per heavy atom. The molecule has 0 aromatic carbocycles. The first-order valence-electron chi connectivity index (χ1n) is 6.63. The van der Waals surface area contributed by atoms with E-state index in [-0.39, 0.29) is 6.10 Å². The fourth-order valence-corrected chi connectivity index (χ4v) is 1.81. The average molecular weight is 272 g/mol. The number of nitrogens with one attached hydrogen (secondary N) is 1. The van der Waals surface area contributed by atoms with Crippen molar-refractivity contribution in [1.29, 1.82) is 0 Å². The van der Waals surface area contributed by atoms with Crippen LogP contribution in [-0.2, 0) is 6.54 Å². The summed E-state index contributed by atoms with van der Waals surface area (Å²) in [6.45, 7) is 6.48. The Balaban J connectivity index is 2.10. The largest absolute Gasteiger partial charge is 0.475 e. The second kappa shape index (κ2) is 6.23. The van der Waals surface area contributed by atoms with Gasteiger partial charge < -0.3 is 15.8 Å². The van der Waals surface area contributed by atoms with E-state index in [2.05, 4.69) is 15.3 Å². The molecule has 0 saturated carbocycles. The van der Waals surface area contributed by atoms with Gasteiger partial charge in [0.05, 0.1) is 11.8 Å². The maximum atomic E-state index is 5.93. The summed E-state index contributed by atoms with van der Waals surface area (Å²) < 4.78 is 5.68. The lowest BCUT2D eigenvalue weighted by molar-refractivity contribution is 0.230. The highest BCUT2D eigenvalue weighted by Gasteiger charge is 2.08. The Morgan fingerprint density at radius 1 is 1.35 bits per heavy atom. The van der Waals surface area contributed by atoms with Crippen LogP contribution in [-0.4, -0.2) is 16.1 Å². The predicted octanol–water partition coefficient (Wildman–Crippen LogP) is 2.77. The number of hydrogen-bond donors (Lipinski definition) is 2. The van der Waals surface area contributed by atoms with Crippen molar-refractivity contribution in [1.82, 2.24) is 9.97 Å². The van der Waals surface area contributed by atoms with Crippen molar-refractivity contribution in [2.45, 2.75) is 33.4 Å². The van der Waals surface area contributed by atoms with E-state index in [0.29, 0.717) is 23.9 Å². The number of rotatable bonds is 5. The van der Waals surface area contributed by atoms with E-state index in [9.17, 15) is 0 Å². The van der Waals surface area contributed by atoms with Crippen molar-refractivity contribution < 1.29 is 4.74 Å². The molecule has 2 heterocycles. The normalized spacial score (nSPS) is 10.6. The minimum Gasteiger partial charge on any atom is -0.475 e. The molecular weight excluding hydrogens is 252 g/mol. The topological polar surface area (TPSA) is 73.1 Å². The van der Waals surface area contributed by atoms with Gasteiger partial charge in [-0.25, -0.2) is 9.97 Å². The molecule has 0 aliphatic rings. The van der Waals surface area contributed by atoms with Gasteiger partial charge in [0, 0.05) is 24.5 Å². The van der Waals surface area contributed by atoms with Crippen LogP contribution >= 0.6 is 0 Å². The van der Waals surface area contributed by atoms with Crippen LogP contribution in [0.25, 0.3) is 0 Å². The molecule has 0 bridgehead atoms. The molecule has 2 aromatic heterocycles. The molecule has 0 amide bonds. The summed E-state index contributed by atoms with van der Waals surface area (Å²) in [6, 6.07) is 5.75. The average Bonchev–Trinajstić information content (AvgIpc) is 2.39. The van der Waals surface area contributed by atoms with Crippen LogP contribution in [0, 0.1) is 6.92 Å². The van der Waals surface area contributed by atoms with Crippen LogP contribution in [0.3, 0.4) is 0 Å².